The summed E-state index contributed by atoms with van der Waals surface area (Å²) in [6.45, 7) is 1.64. The lowest BCUT2D eigenvalue weighted by Gasteiger charge is -2.09. The van der Waals surface area contributed by atoms with Gasteiger partial charge in [-0.1, -0.05) is 22.4 Å². The molecule has 0 aliphatic carbocycles. The molecule has 0 spiro atoms. The van der Waals surface area contributed by atoms with Gasteiger partial charge in [-0.2, -0.15) is 0 Å². The van der Waals surface area contributed by atoms with E-state index in [4.69, 9.17) is 10.0 Å². The van der Waals surface area contributed by atoms with E-state index in [-0.39, 0.29) is 5.75 Å². The molecule has 0 fully saturated rings. The van der Waals surface area contributed by atoms with Gasteiger partial charge in [-0.05, 0) is 48.9 Å². The molecule has 0 unspecified atom stereocenters. The van der Waals surface area contributed by atoms with Crippen LogP contribution in [0.3, 0.4) is 0 Å². The fourth-order valence-electron chi connectivity index (χ4n) is 1.80. The molecule has 0 aliphatic rings. The van der Waals surface area contributed by atoms with Gasteiger partial charge in [0.2, 0.25) is 0 Å². The molecule has 0 heterocycles. The van der Waals surface area contributed by atoms with Crippen LogP contribution in [0.15, 0.2) is 58.8 Å². The second-order valence-corrected chi connectivity index (χ2v) is 4.62. The zero-order chi connectivity index (χ0) is 17.6. The molecule has 0 bridgehead atoms. The highest BCUT2D eigenvalue weighted by molar-refractivity contribution is 5.98. The molecule has 0 aromatic heterocycles. The smallest absolute Gasteiger partial charge is 0.411 e. The van der Waals surface area contributed by atoms with Crippen LogP contribution < -0.4 is 9.57 Å². The Morgan fingerprint density at radius 2 is 1.75 bits per heavy atom. The van der Waals surface area contributed by atoms with E-state index in [2.05, 4.69) is 15.0 Å². The Labute approximate surface area is 135 Å². The molecule has 126 valence electrons. The van der Waals surface area contributed by atoms with Crippen LogP contribution in [0.4, 0.5) is 13.2 Å². The Morgan fingerprint density at radius 1 is 1.08 bits per heavy atom. The van der Waals surface area contributed by atoms with Crippen molar-refractivity contribution in [3.63, 3.8) is 0 Å². The quantitative estimate of drug-likeness (QED) is 0.505. The number of oxime groups is 2. The molecular weight excluding hydrogens is 325 g/mol. The van der Waals surface area contributed by atoms with Crippen molar-refractivity contribution < 1.29 is 28.0 Å². The van der Waals surface area contributed by atoms with E-state index in [1.54, 1.807) is 31.2 Å². The summed E-state index contributed by atoms with van der Waals surface area (Å²) in [6.07, 6.45) is -3.53. The lowest BCUT2D eigenvalue weighted by molar-refractivity contribution is -0.274. The topological polar surface area (TPSA) is 63.4 Å². The summed E-state index contributed by atoms with van der Waals surface area (Å²) in [4.78, 5) is 5.29. The van der Waals surface area contributed by atoms with Crippen LogP contribution in [0.2, 0.25) is 0 Å². The minimum absolute atomic E-state index is 0.315. The van der Waals surface area contributed by atoms with Gasteiger partial charge in [0.1, 0.15) is 5.75 Å². The first-order valence-electron chi connectivity index (χ1n) is 6.73. The van der Waals surface area contributed by atoms with E-state index in [9.17, 15) is 13.2 Å². The van der Waals surface area contributed by atoms with Crippen LogP contribution in [-0.4, -0.2) is 23.5 Å². The fourth-order valence-corrected chi connectivity index (χ4v) is 1.80. The van der Waals surface area contributed by atoms with Gasteiger partial charge in [-0.25, -0.2) is 0 Å². The summed E-state index contributed by atoms with van der Waals surface area (Å²) in [6, 6.07) is 12.0. The molecule has 0 saturated heterocycles. The Morgan fingerprint density at radius 3 is 2.38 bits per heavy atom. The molecule has 0 radical (unpaired) electrons. The lowest BCUT2D eigenvalue weighted by atomic mass is 10.1. The van der Waals surface area contributed by atoms with E-state index in [0.29, 0.717) is 22.6 Å². The first-order chi connectivity index (χ1) is 11.4. The van der Waals surface area contributed by atoms with Crippen LogP contribution >= 0.6 is 0 Å². The number of benzene rings is 2. The van der Waals surface area contributed by atoms with Gasteiger partial charge in [0.05, 0.1) is 11.9 Å². The number of para-hydroxylation sites is 1. The third-order valence-corrected chi connectivity index (χ3v) is 2.90. The molecule has 0 saturated carbocycles. The van der Waals surface area contributed by atoms with Crippen molar-refractivity contribution in [1.29, 1.82) is 0 Å². The second kappa shape index (κ2) is 7.49. The van der Waals surface area contributed by atoms with E-state index in [1.165, 1.54) is 30.5 Å². The number of ether oxygens (including phenoxy) is 1. The van der Waals surface area contributed by atoms with Crippen LogP contribution in [0.25, 0.3) is 0 Å². The maximum atomic E-state index is 12.1. The molecule has 1 N–H and O–H groups in total. The van der Waals surface area contributed by atoms with Gasteiger partial charge in [-0.15, -0.1) is 13.2 Å². The van der Waals surface area contributed by atoms with Crippen LogP contribution in [0.5, 0.6) is 11.5 Å². The standard InChI is InChI=1S/C16H13F3N2O3/c1-11(12-6-8-14(9-7-12)23-16(17,18)19)21-24-15-5-3-2-4-13(15)10-20-22/h2-10,22H,1H3/b20-10+,21-11-. The van der Waals surface area contributed by atoms with Gasteiger partial charge in [-0.3, -0.25) is 0 Å². The number of hydrogen-bond acceptors (Lipinski definition) is 5. The maximum absolute atomic E-state index is 12.1. The van der Waals surface area contributed by atoms with Gasteiger partial charge in [0, 0.05) is 5.56 Å². The summed E-state index contributed by atoms with van der Waals surface area (Å²) in [7, 11) is 0. The normalized spacial score (nSPS) is 12.4. The first kappa shape index (κ1) is 17.3. The lowest BCUT2D eigenvalue weighted by Crippen LogP contribution is -2.17. The molecule has 0 atom stereocenters. The van der Waals surface area contributed by atoms with Crippen molar-refractivity contribution in [3.8, 4) is 11.5 Å². The molecule has 0 aliphatic heterocycles. The van der Waals surface area contributed by atoms with Crippen LogP contribution in [0.1, 0.15) is 18.1 Å². The number of halogens is 3. The number of nitrogens with zero attached hydrogens (tertiary/aromatic N) is 2. The monoisotopic (exact) mass is 338 g/mol. The Hall–Kier alpha value is -3.03. The van der Waals surface area contributed by atoms with Crippen LogP contribution in [0, 0.1) is 0 Å². The largest absolute Gasteiger partial charge is 0.573 e. The molecule has 5 nitrogen and oxygen atoms in total. The van der Waals surface area contributed by atoms with Crippen molar-refractivity contribution in [3.05, 3.63) is 59.7 Å². The van der Waals surface area contributed by atoms with E-state index in [0.717, 1.165) is 0 Å². The molecule has 0 amide bonds. The van der Waals surface area contributed by atoms with E-state index >= 15 is 0 Å². The average Bonchev–Trinajstić information content (AvgIpc) is 2.53. The summed E-state index contributed by atoms with van der Waals surface area (Å²) < 4.78 is 40.1. The minimum atomic E-state index is -4.73. The van der Waals surface area contributed by atoms with Gasteiger partial charge < -0.3 is 14.8 Å². The van der Waals surface area contributed by atoms with E-state index < -0.39 is 6.36 Å². The molecular formula is C16H13F3N2O3. The van der Waals surface area contributed by atoms with Crippen molar-refractivity contribution >= 4 is 11.9 Å². The molecule has 8 heteroatoms. The molecule has 24 heavy (non-hydrogen) atoms. The average molecular weight is 338 g/mol. The maximum Gasteiger partial charge on any atom is 0.573 e. The van der Waals surface area contributed by atoms with Crippen LogP contribution in [-0.2, 0) is 0 Å². The number of rotatable bonds is 5. The van der Waals surface area contributed by atoms with Gasteiger partial charge >= 0.3 is 6.36 Å². The summed E-state index contributed by atoms with van der Waals surface area (Å²) in [5.74, 6) is 0.0520. The summed E-state index contributed by atoms with van der Waals surface area (Å²) >= 11 is 0. The predicted molar refractivity (Wildman–Crippen MR) is 81.8 cm³/mol. The molecule has 2 aromatic carbocycles. The van der Waals surface area contributed by atoms with Gasteiger partial charge in [0.15, 0.2) is 5.75 Å². The van der Waals surface area contributed by atoms with Crippen molar-refractivity contribution in [2.75, 3.05) is 0 Å². The summed E-state index contributed by atoms with van der Waals surface area (Å²) in [5, 5.41) is 15.4. The molecule has 2 aromatic rings. The van der Waals surface area contributed by atoms with E-state index in [1.807, 2.05) is 0 Å². The third-order valence-electron chi connectivity index (χ3n) is 2.90. The number of hydrogen-bond donors (Lipinski definition) is 1. The number of alkyl halides is 3. The zero-order valence-corrected chi connectivity index (χ0v) is 12.5. The molecule has 2 rings (SSSR count). The third kappa shape index (κ3) is 5.01. The van der Waals surface area contributed by atoms with Crippen molar-refractivity contribution in [2.24, 2.45) is 10.3 Å². The minimum Gasteiger partial charge on any atom is -0.411 e. The first-order valence-corrected chi connectivity index (χ1v) is 6.73. The van der Waals surface area contributed by atoms with Crippen molar-refractivity contribution in [2.45, 2.75) is 13.3 Å². The SMILES string of the molecule is C/C(=N/Oc1ccccc1/C=N/O)c1ccc(OC(F)(F)F)cc1. The zero-order valence-electron chi connectivity index (χ0n) is 12.5. The highest BCUT2D eigenvalue weighted by Crippen LogP contribution is 2.23. The summed E-state index contributed by atoms with van der Waals surface area (Å²) in [5.41, 5.74) is 1.53. The highest BCUT2D eigenvalue weighted by atomic mass is 19.4. The second-order valence-electron chi connectivity index (χ2n) is 4.62. The Kier molecular flexibility index (Phi) is 5.41. The van der Waals surface area contributed by atoms with Crippen molar-refractivity contribution in [1.82, 2.24) is 0 Å². The van der Waals surface area contributed by atoms with Gasteiger partial charge in [0.25, 0.3) is 0 Å². The fraction of sp³-hybridized carbons (Fsp3) is 0.125. The highest BCUT2D eigenvalue weighted by Gasteiger charge is 2.30. The Balaban J connectivity index is 2.11. The Bertz CT molecular complexity index is 741. The predicted octanol–water partition coefficient (Wildman–Crippen LogP) is 4.20.